The molecule has 0 spiro atoms. The molecule has 16 heteroatoms. The Morgan fingerprint density at radius 2 is 1.58 bits per heavy atom. The molecule has 45 heavy (non-hydrogen) atoms. The monoisotopic (exact) mass is 592 g/mol. The van der Waals surface area contributed by atoms with Crippen LogP contribution in [0.15, 0.2) is 36.4 Å². The number of carbonyl (C=O) groups is 3. The highest BCUT2D eigenvalue weighted by Gasteiger charge is 2.63. The van der Waals surface area contributed by atoms with Gasteiger partial charge in [-0.05, 0) is 67.6 Å². The van der Waals surface area contributed by atoms with Gasteiger partial charge in [0.25, 0.3) is 5.91 Å². The number of amides is 3. The van der Waals surface area contributed by atoms with Gasteiger partial charge in [0, 0.05) is 43.0 Å². The Hall–Kier alpha value is -2.85. The molecule has 3 heterocycles. The van der Waals surface area contributed by atoms with E-state index >= 15 is 4.39 Å². The first kappa shape index (κ1) is 33.5. The van der Waals surface area contributed by atoms with Crippen LogP contribution in [-0.4, -0.2) is 112 Å². The Bertz CT molecular complexity index is 1590. The summed E-state index contributed by atoms with van der Waals surface area (Å²) in [6.45, 7) is 9.57. The van der Waals surface area contributed by atoms with Crippen LogP contribution in [0.1, 0.15) is 54.7 Å². The van der Waals surface area contributed by atoms with E-state index in [4.69, 9.17) is 59.7 Å². The molecule has 8 nitrogen and oxygen atoms in total. The predicted octanol–water partition coefficient (Wildman–Crippen LogP) is 0.158. The molecule has 0 aliphatic carbocycles. The van der Waals surface area contributed by atoms with E-state index in [0.29, 0.717) is 25.2 Å². The molecule has 3 amide bonds. The van der Waals surface area contributed by atoms with Crippen LogP contribution < -0.4 is 10.6 Å². The summed E-state index contributed by atoms with van der Waals surface area (Å²) in [5, 5.41) is -2.18. The maximum absolute atomic E-state index is 15.3. The summed E-state index contributed by atoms with van der Waals surface area (Å²) in [6.07, 6.45) is 0. The van der Waals surface area contributed by atoms with Crippen LogP contribution in [0.3, 0.4) is 0 Å². The minimum atomic E-state index is -2.59. The van der Waals surface area contributed by atoms with Crippen molar-refractivity contribution in [1.82, 2.24) is 15.1 Å². The van der Waals surface area contributed by atoms with Crippen LogP contribution in [0.4, 0.5) is 10.1 Å². The predicted molar refractivity (Wildman–Crippen MR) is 174 cm³/mol. The molecule has 0 bridgehead atoms. The van der Waals surface area contributed by atoms with Gasteiger partial charge in [0.2, 0.25) is 11.8 Å². The van der Waals surface area contributed by atoms with Crippen molar-refractivity contribution in [2.75, 3.05) is 18.4 Å². The van der Waals surface area contributed by atoms with E-state index in [1.54, 1.807) is 18.2 Å². The zero-order chi connectivity index (χ0) is 33.5. The van der Waals surface area contributed by atoms with Gasteiger partial charge >= 0.3 is 0 Å². The molecule has 2 N–H and O–H groups in total. The summed E-state index contributed by atoms with van der Waals surface area (Å²) >= 11 is 0. The second-order valence-electron chi connectivity index (χ2n) is 13.6. The largest absolute Gasteiger partial charge is 0.392 e. The molecule has 1 unspecified atom stereocenters. The zero-order valence-corrected chi connectivity index (χ0v) is 25.7. The van der Waals surface area contributed by atoms with Crippen molar-refractivity contribution in [1.29, 1.82) is 0 Å². The number of benzene rings is 2. The van der Waals surface area contributed by atoms with Gasteiger partial charge in [0.15, 0.2) is 0 Å². The van der Waals surface area contributed by atoms with Crippen molar-refractivity contribution in [2.24, 2.45) is 0 Å². The molecule has 5 rings (SSSR count). The average molecular weight is 591 g/mol. The molecular formula is C29H28B7FN4O4. The molecular weight excluding hydrogens is 563 g/mol. The van der Waals surface area contributed by atoms with Gasteiger partial charge in [-0.15, -0.1) is 0 Å². The summed E-state index contributed by atoms with van der Waals surface area (Å²) in [6, 6.07) is 9.15. The van der Waals surface area contributed by atoms with Gasteiger partial charge in [-0.1, -0.05) is 23.4 Å². The highest BCUT2D eigenvalue weighted by atomic mass is 19.1. The van der Waals surface area contributed by atoms with Crippen molar-refractivity contribution >= 4 is 78.3 Å². The zero-order valence-electron chi connectivity index (χ0n) is 25.7. The molecule has 3 aliphatic heterocycles. The van der Waals surface area contributed by atoms with Crippen LogP contribution >= 0.6 is 0 Å². The van der Waals surface area contributed by atoms with Crippen molar-refractivity contribution < 1.29 is 23.5 Å². The Labute approximate surface area is 272 Å². The number of anilines is 1. The topological polar surface area (TPSA) is 91.0 Å². The highest BCUT2D eigenvalue weighted by Crippen LogP contribution is 2.55. The SMILES string of the molecule is [B]C([B])(Nc1cccc2c1CN(C1([B])C(=O)NC(=O)C([B])([B])C1([B])[B])C2=O)c1cc(CN2CC(C)(C)OC(C)(C)C2)ccc1F. The number of ether oxygens (including phenoxy) is 1. The fraction of sp³-hybridized carbons (Fsp3) is 0.483. The van der Waals surface area contributed by atoms with Crippen LogP contribution in [0.25, 0.3) is 0 Å². The number of carbonyl (C=O) groups excluding carboxylic acids is 3. The number of piperidine rings is 1. The van der Waals surface area contributed by atoms with E-state index < -0.39 is 44.7 Å². The van der Waals surface area contributed by atoms with E-state index in [1.165, 1.54) is 18.2 Å². The Morgan fingerprint density at radius 1 is 0.956 bits per heavy atom. The van der Waals surface area contributed by atoms with Crippen LogP contribution in [0.5, 0.6) is 0 Å². The summed E-state index contributed by atoms with van der Waals surface area (Å²) < 4.78 is 21.5. The second-order valence-corrected chi connectivity index (χ2v) is 13.6. The third kappa shape index (κ3) is 5.49. The van der Waals surface area contributed by atoms with Crippen molar-refractivity contribution in [3.63, 3.8) is 0 Å². The van der Waals surface area contributed by atoms with Crippen molar-refractivity contribution in [3.8, 4) is 0 Å². The first-order chi connectivity index (χ1) is 20.5. The molecule has 0 saturated carbocycles. The highest BCUT2D eigenvalue weighted by molar-refractivity contribution is 6.66. The van der Waals surface area contributed by atoms with Gasteiger partial charge in [-0.2, -0.15) is 0 Å². The molecule has 216 valence electrons. The summed E-state index contributed by atoms with van der Waals surface area (Å²) in [4.78, 5) is 42.1. The normalized spacial score (nSPS) is 25.4. The number of nitrogens with one attached hydrogen (secondary N) is 2. The molecule has 1 atom stereocenters. The summed E-state index contributed by atoms with van der Waals surface area (Å²) in [5.41, 5.74) is -1.90. The van der Waals surface area contributed by atoms with Gasteiger partial charge in [-0.25, -0.2) is 4.39 Å². The van der Waals surface area contributed by atoms with E-state index in [0.717, 1.165) is 10.5 Å². The Kier molecular flexibility index (Phi) is 7.89. The van der Waals surface area contributed by atoms with Gasteiger partial charge in [0.1, 0.15) is 13.7 Å². The third-order valence-electron chi connectivity index (χ3n) is 8.64. The summed E-state index contributed by atoms with van der Waals surface area (Å²) in [5.74, 6) is -3.73. The van der Waals surface area contributed by atoms with Crippen LogP contribution in [-0.2, 0) is 32.8 Å². The number of nitrogens with zero attached hydrogens (tertiary/aromatic N) is 2. The molecule has 3 aliphatic rings. The fourth-order valence-electron chi connectivity index (χ4n) is 6.67. The Morgan fingerprint density at radius 3 is 2.20 bits per heavy atom. The fourth-order valence-corrected chi connectivity index (χ4v) is 6.67. The molecule has 2 aromatic carbocycles. The lowest BCUT2D eigenvalue weighted by Crippen LogP contribution is -2.75. The number of halogens is 1. The minimum Gasteiger partial charge on any atom is -0.392 e. The lowest BCUT2D eigenvalue weighted by atomic mass is 9.21. The first-order valence-corrected chi connectivity index (χ1v) is 14.3. The van der Waals surface area contributed by atoms with Crippen molar-refractivity contribution in [2.45, 2.75) is 73.2 Å². The molecule has 2 aromatic rings. The second kappa shape index (κ2) is 10.6. The average Bonchev–Trinajstić information content (AvgIpc) is 3.23. The molecule has 14 radical (unpaired) electrons. The van der Waals surface area contributed by atoms with Crippen LogP contribution in [0, 0.1) is 5.82 Å². The van der Waals surface area contributed by atoms with Crippen molar-refractivity contribution in [3.05, 3.63) is 64.5 Å². The molecule has 2 fully saturated rings. The van der Waals surface area contributed by atoms with Gasteiger partial charge in [-0.3, -0.25) is 24.6 Å². The smallest absolute Gasteiger partial charge is 0.254 e. The number of imide groups is 1. The number of rotatable bonds is 6. The van der Waals surface area contributed by atoms with E-state index in [-0.39, 0.29) is 34.6 Å². The maximum Gasteiger partial charge on any atom is 0.254 e. The maximum atomic E-state index is 15.3. The third-order valence-corrected chi connectivity index (χ3v) is 8.64. The molecule has 0 aromatic heterocycles. The van der Waals surface area contributed by atoms with E-state index in [1.807, 2.05) is 33.0 Å². The lowest BCUT2D eigenvalue weighted by Gasteiger charge is -2.60. The number of hydrogen-bond acceptors (Lipinski definition) is 6. The van der Waals surface area contributed by atoms with E-state index in [2.05, 4.69) is 10.2 Å². The van der Waals surface area contributed by atoms with Gasteiger partial charge in [0.05, 0.1) is 63.7 Å². The number of fused-ring (bicyclic) bond motifs is 1. The number of morpholine rings is 1. The quantitative estimate of drug-likeness (QED) is 0.368. The van der Waals surface area contributed by atoms with Gasteiger partial charge < -0.3 is 15.0 Å². The standard InChI is InChI=1S/C29H28B7FN4O4/c1-24(2)13-40(14-25(3,4)45-24)11-15-8-9-19(37)18(10-15)28(33,34)39-20-7-5-6-16-17(20)12-41(21(16)42)27(32)23(44)38-22(43)26(30,31)29(27,35)36/h5-10,39H,11-14H2,1-4H3,(H,38,43,44). The number of hydrogen-bond donors (Lipinski definition) is 2. The van der Waals surface area contributed by atoms with Crippen LogP contribution in [0.2, 0.25) is 10.4 Å². The summed E-state index contributed by atoms with van der Waals surface area (Å²) in [7, 11) is 43.5. The minimum absolute atomic E-state index is 0.0231. The first-order valence-electron chi connectivity index (χ1n) is 14.3. The lowest BCUT2D eigenvalue weighted by molar-refractivity contribution is -0.182. The van der Waals surface area contributed by atoms with E-state index in [9.17, 15) is 14.4 Å². The molecule has 2 saturated heterocycles. The Balaban J connectivity index is 1.44.